The number of phenols is 1. The molecule has 2 saturated carbocycles. The molecule has 7 fully saturated rings. The molecule has 18 heteroatoms. The van der Waals surface area contributed by atoms with Crippen molar-refractivity contribution in [2.45, 2.75) is 121 Å². The summed E-state index contributed by atoms with van der Waals surface area (Å²) in [4.78, 5) is 62.8. The average Bonchev–Trinajstić information content (AvgIpc) is 4.02. The van der Waals surface area contributed by atoms with Crippen molar-refractivity contribution in [1.29, 1.82) is 0 Å². The zero-order chi connectivity index (χ0) is 52.1. The Balaban J connectivity index is 0.627. The highest BCUT2D eigenvalue weighted by Gasteiger charge is 2.49. The monoisotopic (exact) mass is 1040 g/mol. The number of piperazine rings is 2. The van der Waals surface area contributed by atoms with Crippen LogP contribution in [0.4, 0.5) is 24.7 Å². The fraction of sp³-hybridized carbons (Fsp3) is 0.552. The van der Waals surface area contributed by atoms with E-state index in [9.17, 15) is 19.5 Å². The minimum atomic E-state index is -1.21. The van der Waals surface area contributed by atoms with Gasteiger partial charge >= 0.3 is 6.01 Å². The first-order valence-corrected chi connectivity index (χ1v) is 27.8. The van der Waals surface area contributed by atoms with Crippen LogP contribution in [0.15, 0.2) is 48.7 Å². The number of carbonyl (C=O) groups is 3. The second kappa shape index (κ2) is 19.1. The van der Waals surface area contributed by atoms with E-state index in [1.54, 1.807) is 23.2 Å². The van der Waals surface area contributed by atoms with E-state index in [2.05, 4.69) is 41.3 Å². The number of anilines is 2. The van der Waals surface area contributed by atoms with Gasteiger partial charge in [-0.25, -0.2) is 13.2 Å². The molecular weight excluding hydrogens is 974 g/mol. The molecule has 2 aliphatic carbocycles. The lowest BCUT2D eigenvalue weighted by Gasteiger charge is -2.49. The quantitative estimate of drug-likeness (QED) is 0.106. The molecule has 3 N–H and O–H groups in total. The number of aromatic nitrogens is 3. The molecule has 13 rings (SSSR count). The molecule has 0 radical (unpaired) electrons. The normalized spacial score (nSPS) is 25.2. The maximum atomic E-state index is 17.2. The Hall–Kier alpha value is -6.11. The van der Waals surface area contributed by atoms with Gasteiger partial charge in [-0.3, -0.25) is 29.6 Å². The number of imide groups is 1. The van der Waals surface area contributed by atoms with Gasteiger partial charge < -0.3 is 34.8 Å². The fourth-order valence-electron chi connectivity index (χ4n) is 14.1. The zero-order valence-corrected chi connectivity index (χ0v) is 43.3. The highest BCUT2D eigenvalue weighted by molar-refractivity contribution is 6.06. The van der Waals surface area contributed by atoms with Gasteiger partial charge in [-0.15, -0.1) is 0 Å². The van der Waals surface area contributed by atoms with Gasteiger partial charge in [0.25, 0.3) is 5.91 Å². The number of likely N-dealkylation sites (tertiary alicyclic amines) is 1. The largest absolute Gasteiger partial charge is 0.508 e. The molecule has 400 valence electrons. The number of aryl methyl sites for hydroxylation is 1. The average molecular weight is 1040 g/mol. The number of rotatable bonds is 12. The molecule has 8 aliphatic rings. The number of pyridine rings is 1. The molecule has 2 bridgehead atoms. The van der Waals surface area contributed by atoms with Crippen molar-refractivity contribution < 1.29 is 37.4 Å². The molecule has 76 heavy (non-hydrogen) atoms. The number of hydrogen-bond donors (Lipinski definition) is 3. The van der Waals surface area contributed by atoms with Gasteiger partial charge in [0.05, 0.1) is 12.0 Å². The number of carbonyl (C=O) groups excluding carboxylic acids is 3. The number of amides is 3. The predicted octanol–water partition coefficient (Wildman–Crippen LogP) is 7.44. The first-order valence-electron chi connectivity index (χ1n) is 27.8. The second-order valence-electron chi connectivity index (χ2n) is 23.7. The van der Waals surface area contributed by atoms with E-state index in [0.717, 1.165) is 108 Å². The lowest BCUT2D eigenvalue weighted by molar-refractivity contribution is -0.136. The summed E-state index contributed by atoms with van der Waals surface area (Å²) in [5, 5.41) is 18.4. The van der Waals surface area contributed by atoms with Gasteiger partial charge in [0.2, 0.25) is 11.8 Å². The highest BCUT2D eigenvalue weighted by Crippen LogP contribution is 2.52. The predicted molar refractivity (Wildman–Crippen MR) is 282 cm³/mol. The van der Waals surface area contributed by atoms with Crippen LogP contribution in [0, 0.1) is 22.5 Å². The second-order valence-corrected chi connectivity index (χ2v) is 23.7. The van der Waals surface area contributed by atoms with Gasteiger partial charge in [-0.05, 0) is 154 Å². The van der Waals surface area contributed by atoms with Crippen molar-refractivity contribution >= 4 is 50.9 Å². The summed E-state index contributed by atoms with van der Waals surface area (Å²) in [7, 11) is 0. The number of hydrogen-bond acceptors (Lipinski definition) is 13. The van der Waals surface area contributed by atoms with Crippen molar-refractivity contribution in [2.24, 2.45) is 10.8 Å². The number of alkyl halides is 1. The Morgan fingerprint density at radius 3 is 2.28 bits per heavy atom. The smallest absolute Gasteiger partial charge is 0.319 e. The van der Waals surface area contributed by atoms with E-state index in [4.69, 9.17) is 14.7 Å². The number of nitrogens with one attached hydrogen (secondary N) is 2. The van der Waals surface area contributed by atoms with Crippen molar-refractivity contribution in [3.63, 3.8) is 0 Å². The first kappa shape index (κ1) is 49.5. The minimum Gasteiger partial charge on any atom is -0.508 e. The summed E-state index contributed by atoms with van der Waals surface area (Å²) in [6.45, 7) is 10.3. The first-order chi connectivity index (χ1) is 36.7. The molecule has 3 aromatic carbocycles. The third kappa shape index (κ3) is 9.18. The topological polar surface area (TPSA) is 160 Å². The third-order valence-corrected chi connectivity index (χ3v) is 18.8. The number of fused-ring (bicyclic) bond motifs is 5. The van der Waals surface area contributed by atoms with Gasteiger partial charge in [0.15, 0.2) is 5.82 Å². The van der Waals surface area contributed by atoms with Crippen LogP contribution in [0.25, 0.3) is 32.9 Å². The number of piperidine rings is 2. The van der Waals surface area contributed by atoms with Crippen LogP contribution in [-0.4, -0.2) is 148 Å². The number of ether oxygens (including phenoxy) is 1. The van der Waals surface area contributed by atoms with Crippen molar-refractivity contribution in [3.8, 4) is 23.0 Å². The zero-order valence-electron chi connectivity index (χ0n) is 43.3. The summed E-state index contributed by atoms with van der Waals surface area (Å²) < 4.78 is 55.7. The van der Waals surface area contributed by atoms with Crippen molar-refractivity contribution in [1.82, 2.24) is 40.3 Å². The van der Waals surface area contributed by atoms with E-state index in [1.165, 1.54) is 12.1 Å². The number of benzene rings is 3. The molecule has 6 aliphatic heterocycles. The molecule has 2 unspecified atom stereocenters. The van der Waals surface area contributed by atoms with Crippen LogP contribution in [0.3, 0.4) is 0 Å². The number of aromatic hydroxyl groups is 1. The Morgan fingerprint density at radius 1 is 0.803 bits per heavy atom. The van der Waals surface area contributed by atoms with Crippen molar-refractivity contribution in [3.05, 3.63) is 77.0 Å². The lowest BCUT2D eigenvalue weighted by Crippen LogP contribution is -2.53. The van der Waals surface area contributed by atoms with E-state index in [1.807, 2.05) is 19.1 Å². The van der Waals surface area contributed by atoms with Crippen LogP contribution in [0.2, 0.25) is 0 Å². The Labute approximate surface area is 440 Å². The van der Waals surface area contributed by atoms with Gasteiger partial charge in [-0.1, -0.05) is 13.0 Å². The van der Waals surface area contributed by atoms with Crippen LogP contribution in [0.1, 0.15) is 105 Å². The summed E-state index contributed by atoms with van der Waals surface area (Å²) in [5.74, 6) is -1.44. The number of halogens is 3. The maximum Gasteiger partial charge on any atom is 0.319 e. The Morgan fingerprint density at radius 2 is 1.55 bits per heavy atom. The molecule has 2 aromatic heterocycles. The lowest BCUT2D eigenvalue weighted by atomic mass is 9.64. The van der Waals surface area contributed by atoms with E-state index >= 15 is 13.2 Å². The van der Waals surface area contributed by atoms with Gasteiger partial charge in [0, 0.05) is 106 Å². The molecule has 8 heterocycles. The highest BCUT2D eigenvalue weighted by atomic mass is 19.1. The van der Waals surface area contributed by atoms with Crippen LogP contribution in [0.5, 0.6) is 11.8 Å². The molecule has 15 nitrogen and oxygen atoms in total. The maximum absolute atomic E-state index is 17.2. The standard InChI is InChI=1S/C58H67F3N10O5/c1-2-41-45(59)8-3-35-26-40(72)27-43(48(35)41)50-49(60)51-44(28-62-50)52(70-30-37-4-5-38(31-70)63-37)66-55(65-51)76-34-57(11-12-57)32-67-19-17-56(18-20-67)13-15-58(61,16-14-56)33-68-21-23-69(24-22-68)39-6-7-42-36(25-39)29-71(54(42)75)46-9-10-47(73)64-53(46)74/h3,6-8,25-28,37-38,46,63,72H,2,4-5,9-24,29-34H2,1H3,(H,64,73,74)/t37?,38?,46-/m0/s1. The summed E-state index contributed by atoms with van der Waals surface area (Å²) in [6.07, 6.45) is 11.8. The molecule has 3 amide bonds. The Bertz CT molecular complexity index is 3130. The van der Waals surface area contributed by atoms with E-state index in [-0.39, 0.29) is 52.0 Å². The number of phenolic OH excluding ortho intramolecular Hbond substituents is 1. The summed E-state index contributed by atoms with van der Waals surface area (Å²) >= 11 is 0. The molecule has 5 aromatic rings. The van der Waals surface area contributed by atoms with Crippen molar-refractivity contribution in [2.75, 3.05) is 81.9 Å². The van der Waals surface area contributed by atoms with Crippen LogP contribution < -0.4 is 25.2 Å². The molecular formula is C58H67F3N10O5. The van der Waals surface area contributed by atoms with Gasteiger partial charge in [0.1, 0.15) is 40.3 Å². The summed E-state index contributed by atoms with van der Waals surface area (Å²) in [6, 6.07) is 11.9. The van der Waals surface area contributed by atoms with Gasteiger partial charge in [-0.2, -0.15) is 9.97 Å². The number of nitrogens with zero attached hydrogens (tertiary/aromatic N) is 8. The molecule has 5 saturated heterocycles. The van der Waals surface area contributed by atoms with Crippen LogP contribution >= 0.6 is 0 Å². The molecule has 3 atom stereocenters. The Kier molecular flexibility index (Phi) is 12.4. The van der Waals surface area contributed by atoms with E-state index < -0.39 is 29.3 Å². The third-order valence-electron chi connectivity index (χ3n) is 18.8. The fourth-order valence-corrected chi connectivity index (χ4v) is 14.1. The molecule has 1 spiro atoms. The van der Waals surface area contributed by atoms with E-state index in [0.29, 0.717) is 109 Å². The minimum absolute atomic E-state index is 0.0194. The SMILES string of the molecule is CCc1c(F)ccc2cc(O)cc(-c3ncc4c(N5CC6CCC(C5)N6)nc(OCC5(CN6CCC7(CC6)CCC(F)(CN6CCN(c8ccc9c(c8)CN([C@H]8CCC(=O)NC8=O)C9=O)CC6)CC7)CC5)nc4c3F)c12. The summed E-state index contributed by atoms with van der Waals surface area (Å²) in [5.41, 5.74) is 2.19. The van der Waals surface area contributed by atoms with Crippen LogP contribution in [-0.2, 0) is 22.6 Å².